The molecule has 5 rings (SSSR count). The predicted molar refractivity (Wildman–Crippen MR) is 148 cm³/mol. The number of carbonyl (C=O) groups excluding carboxylic acids is 1. The zero-order chi connectivity index (χ0) is 26.9. The van der Waals surface area contributed by atoms with Gasteiger partial charge in [-0.2, -0.15) is 0 Å². The molecule has 1 unspecified atom stereocenters. The summed E-state index contributed by atoms with van der Waals surface area (Å²) >= 11 is 12.3. The third kappa shape index (κ3) is 5.48. The number of anilines is 1. The summed E-state index contributed by atoms with van der Waals surface area (Å²) in [5.41, 5.74) is 2.25. The molecule has 1 N–H and O–H groups in total. The minimum absolute atomic E-state index is 0.0636. The summed E-state index contributed by atoms with van der Waals surface area (Å²) in [4.78, 5) is 13.5. The van der Waals surface area contributed by atoms with Crippen molar-refractivity contribution in [1.29, 1.82) is 0 Å². The van der Waals surface area contributed by atoms with E-state index in [-0.39, 0.29) is 17.1 Å². The maximum Gasteiger partial charge on any atom is 0.244 e. The van der Waals surface area contributed by atoms with E-state index in [0.717, 1.165) is 11.1 Å². The third-order valence-electron chi connectivity index (χ3n) is 6.16. The maximum absolute atomic E-state index is 14.2. The Labute approximate surface area is 229 Å². The second kappa shape index (κ2) is 10.6. The first-order valence-electron chi connectivity index (χ1n) is 11.8. The molecule has 3 aromatic carbocycles. The molecule has 0 saturated carbocycles. The van der Waals surface area contributed by atoms with Crippen LogP contribution in [0.25, 0.3) is 10.9 Å². The molecule has 0 bridgehead atoms. The summed E-state index contributed by atoms with van der Waals surface area (Å²) in [5, 5.41) is 6.49. The highest BCUT2D eigenvalue weighted by Gasteiger charge is 2.37. The second-order valence-corrected chi connectivity index (χ2v) is 11.9. The van der Waals surface area contributed by atoms with Crippen LogP contribution in [-0.4, -0.2) is 29.3 Å². The lowest BCUT2D eigenvalue weighted by Gasteiger charge is -2.17. The number of para-hydroxylation sites is 1. The molecule has 194 valence electrons. The Hall–Kier alpha value is -3.59. The summed E-state index contributed by atoms with van der Waals surface area (Å²) in [6.45, 7) is 2.08. The molecule has 0 aliphatic rings. The van der Waals surface area contributed by atoms with E-state index >= 15 is 0 Å². The summed E-state index contributed by atoms with van der Waals surface area (Å²) in [7, 11) is -4.19. The van der Waals surface area contributed by atoms with E-state index < -0.39 is 21.0 Å². The van der Waals surface area contributed by atoms with Crippen LogP contribution >= 0.6 is 23.2 Å². The summed E-state index contributed by atoms with van der Waals surface area (Å²) in [6.07, 6.45) is 1.50. The minimum atomic E-state index is -4.19. The number of amides is 1. The van der Waals surface area contributed by atoms with Crippen molar-refractivity contribution < 1.29 is 17.7 Å². The molecule has 1 amide bonds. The van der Waals surface area contributed by atoms with Crippen molar-refractivity contribution in [3.63, 3.8) is 0 Å². The first kappa shape index (κ1) is 26.0. The topological polar surface area (TPSA) is 94.2 Å². The van der Waals surface area contributed by atoms with Crippen LogP contribution in [0.4, 0.5) is 5.82 Å². The highest BCUT2D eigenvalue weighted by atomic mass is 35.5. The number of rotatable bonds is 8. The Kier molecular flexibility index (Phi) is 7.29. The van der Waals surface area contributed by atoms with Crippen molar-refractivity contribution in [2.75, 3.05) is 5.32 Å². The first-order chi connectivity index (χ1) is 18.2. The molecule has 0 aliphatic heterocycles. The number of nitrogens with zero attached hydrogens (tertiary/aromatic N) is 2. The number of benzene rings is 3. The van der Waals surface area contributed by atoms with Crippen LogP contribution in [0, 0.1) is 6.92 Å². The van der Waals surface area contributed by atoms with E-state index in [9.17, 15) is 13.2 Å². The van der Waals surface area contributed by atoms with E-state index in [1.807, 2.05) is 34.9 Å². The van der Waals surface area contributed by atoms with E-state index in [4.69, 9.17) is 27.7 Å². The molecule has 38 heavy (non-hydrogen) atoms. The number of halogens is 2. The SMILES string of the molecule is Cc1cc(NC(=O)C(Cc2cccc(Cl)c2)S(=O)(=O)c2cn(Cc3cccc(Cl)c3)c3ccccc23)no1. The largest absolute Gasteiger partial charge is 0.360 e. The van der Waals surface area contributed by atoms with Crippen LogP contribution in [0.2, 0.25) is 10.0 Å². The van der Waals surface area contributed by atoms with Crippen LogP contribution in [0.5, 0.6) is 0 Å². The number of hydrogen-bond donors (Lipinski definition) is 1. The van der Waals surface area contributed by atoms with E-state index in [2.05, 4.69) is 10.5 Å². The average molecular weight is 568 g/mol. The van der Waals surface area contributed by atoms with Gasteiger partial charge in [-0.25, -0.2) is 8.42 Å². The third-order valence-corrected chi connectivity index (χ3v) is 8.70. The van der Waals surface area contributed by atoms with Gasteiger partial charge >= 0.3 is 0 Å². The molecular formula is C28H23Cl2N3O4S. The van der Waals surface area contributed by atoms with Crippen LogP contribution in [0.3, 0.4) is 0 Å². The zero-order valence-electron chi connectivity index (χ0n) is 20.3. The van der Waals surface area contributed by atoms with Gasteiger partial charge in [-0.1, -0.05) is 70.8 Å². The Morgan fingerprint density at radius 2 is 1.66 bits per heavy atom. The monoisotopic (exact) mass is 567 g/mol. The average Bonchev–Trinajstić information content (AvgIpc) is 3.46. The molecule has 0 radical (unpaired) electrons. The molecule has 0 fully saturated rings. The van der Waals surface area contributed by atoms with Gasteiger partial charge in [0.15, 0.2) is 15.7 Å². The Bertz CT molecular complexity index is 1740. The highest BCUT2D eigenvalue weighted by molar-refractivity contribution is 7.93. The van der Waals surface area contributed by atoms with Gasteiger partial charge in [0.2, 0.25) is 5.91 Å². The van der Waals surface area contributed by atoms with Gasteiger partial charge < -0.3 is 14.4 Å². The van der Waals surface area contributed by atoms with Crippen LogP contribution < -0.4 is 5.32 Å². The number of carbonyl (C=O) groups is 1. The molecule has 1 atom stereocenters. The van der Waals surface area contributed by atoms with Crippen molar-refractivity contribution in [1.82, 2.24) is 9.72 Å². The lowest BCUT2D eigenvalue weighted by Crippen LogP contribution is -2.37. The van der Waals surface area contributed by atoms with E-state index in [0.29, 0.717) is 33.3 Å². The fourth-order valence-corrected chi connectivity index (χ4v) is 6.65. The quantitative estimate of drug-likeness (QED) is 0.237. The van der Waals surface area contributed by atoms with E-state index in [1.165, 1.54) is 6.07 Å². The highest BCUT2D eigenvalue weighted by Crippen LogP contribution is 2.31. The summed E-state index contributed by atoms with van der Waals surface area (Å²) < 4.78 is 35.3. The van der Waals surface area contributed by atoms with Gasteiger partial charge in [0, 0.05) is 39.8 Å². The fraction of sp³-hybridized carbons (Fsp3) is 0.143. The van der Waals surface area contributed by atoms with Crippen molar-refractivity contribution in [2.45, 2.75) is 30.0 Å². The van der Waals surface area contributed by atoms with E-state index in [1.54, 1.807) is 55.6 Å². The first-order valence-corrected chi connectivity index (χ1v) is 14.1. The number of aryl methyl sites for hydroxylation is 1. The van der Waals surface area contributed by atoms with Gasteiger partial charge in [0.1, 0.15) is 11.0 Å². The molecule has 0 aliphatic carbocycles. The van der Waals surface area contributed by atoms with Gasteiger partial charge in [-0.15, -0.1) is 0 Å². The van der Waals surface area contributed by atoms with Gasteiger partial charge in [0.25, 0.3) is 0 Å². The minimum Gasteiger partial charge on any atom is -0.360 e. The van der Waals surface area contributed by atoms with Crippen molar-refractivity contribution in [2.24, 2.45) is 0 Å². The molecular weight excluding hydrogens is 545 g/mol. The molecule has 5 aromatic rings. The number of fused-ring (bicyclic) bond motifs is 1. The number of hydrogen-bond acceptors (Lipinski definition) is 5. The van der Waals surface area contributed by atoms with Gasteiger partial charge in [-0.05, 0) is 54.8 Å². The Morgan fingerprint density at radius 1 is 0.974 bits per heavy atom. The number of aromatic nitrogens is 2. The lowest BCUT2D eigenvalue weighted by molar-refractivity contribution is -0.115. The Morgan fingerprint density at radius 3 is 2.34 bits per heavy atom. The van der Waals surface area contributed by atoms with Gasteiger partial charge in [0.05, 0.1) is 4.90 Å². The smallest absolute Gasteiger partial charge is 0.244 e. The van der Waals surface area contributed by atoms with Crippen molar-refractivity contribution in [3.05, 3.63) is 112 Å². The molecule has 10 heteroatoms. The number of sulfone groups is 1. The standard InChI is InChI=1S/C28H23Cl2N3O4S/c1-18-12-27(32-37-18)31-28(34)25(15-19-6-4-8-21(29)13-19)38(35,36)26-17-33(24-11-3-2-10-23(24)26)16-20-7-5-9-22(30)14-20/h2-14,17,25H,15-16H2,1H3,(H,31,32,34). The summed E-state index contributed by atoms with van der Waals surface area (Å²) in [5.74, 6) is -0.0919. The molecule has 0 saturated heterocycles. The lowest BCUT2D eigenvalue weighted by atomic mass is 10.1. The molecule has 2 aromatic heterocycles. The number of nitrogens with one attached hydrogen (secondary N) is 1. The van der Waals surface area contributed by atoms with Gasteiger partial charge in [-0.3, -0.25) is 4.79 Å². The van der Waals surface area contributed by atoms with Crippen LogP contribution in [0.1, 0.15) is 16.9 Å². The predicted octanol–water partition coefficient (Wildman–Crippen LogP) is 6.32. The Balaban J connectivity index is 1.58. The van der Waals surface area contributed by atoms with Crippen molar-refractivity contribution >= 4 is 55.7 Å². The second-order valence-electron chi connectivity index (χ2n) is 8.95. The molecule has 0 spiro atoms. The molecule has 7 nitrogen and oxygen atoms in total. The zero-order valence-corrected chi connectivity index (χ0v) is 22.6. The summed E-state index contributed by atoms with van der Waals surface area (Å²) in [6, 6.07) is 22.9. The van der Waals surface area contributed by atoms with Crippen LogP contribution in [0.15, 0.2) is 94.5 Å². The van der Waals surface area contributed by atoms with Crippen LogP contribution in [-0.2, 0) is 27.6 Å². The normalized spacial score (nSPS) is 12.5. The molecule has 2 heterocycles. The fourth-order valence-electron chi connectivity index (χ4n) is 4.41. The van der Waals surface area contributed by atoms with Crippen molar-refractivity contribution in [3.8, 4) is 0 Å². The maximum atomic E-state index is 14.2.